The van der Waals surface area contributed by atoms with Crippen molar-refractivity contribution in [3.8, 4) is 0 Å². The lowest BCUT2D eigenvalue weighted by Crippen LogP contribution is -2.43. The second-order valence-corrected chi connectivity index (χ2v) is 5.58. The molecule has 21 heavy (non-hydrogen) atoms. The number of aliphatic hydroxyl groups excluding tert-OH is 1. The van der Waals surface area contributed by atoms with Crippen LogP contribution in [0.4, 0.5) is 10.1 Å². The number of aliphatic hydroxyl groups is 1. The van der Waals surface area contributed by atoms with Crippen molar-refractivity contribution in [1.29, 1.82) is 0 Å². The Hall–Kier alpha value is -2.15. The molecule has 1 aliphatic carbocycles. The van der Waals surface area contributed by atoms with E-state index in [4.69, 9.17) is 5.73 Å². The zero-order valence-corrected chi connectivity index (χ0v) is 11.6. The zero-order chi connectivity index (χ0) is 15.2. The Labute approximate surface area is 120 Å². The number of carbonyl (C=O) groups is 1. The molecule has 0 aromatic carbocycles. The third-order valence-electron chi connectivity index (χ3n) is 4.21. The van der Waals surface area contributed by atoms with E-state index in [9.17, 15) is 14.3 Å². The third-order valence-corrected chi connectivity index (χ3v) is 4.21. The summed E-state index contributed by atoms with van der Waals surface area (Å²) in [4.78, 5) is 11.6. The van der Waals surface area contributed by atoms with Gasteiger partial charge in [0.1, 0.15) is 0 Å². The predicted molar refractivity (Wildman–Crippen MR) is 75.9 cm³/mol. The van der Waals surface area contributed by atoms with Gasteiger partial charge in [-0.05, 0) is 31.9 Å². The molecule has 7 heteroatoms. The van der Waals surface area contributed by atoms with Gasteiger partial charge < -0.3 is 16.2 Å². The maximum absolute atomic E-state index is 14.6. The molecule has 0 spiro atoms. The average molecular weight is 292 g/mol. The lowest BCUT2D eigenvalue weighted by Gasteiger charge is -2.28. The first-order valence-electron chi connectivity index (χ1n) is 6.81. The Morgan fingerprint density at radius 2 is 2.38 bits per heavy atom. The molecule has 3 atom stereocenters. The fourth-order valence-corrected chi connectivity index (χ4v) is 2.84. The lowest BCUT2D eigenvalue weighted by atomic mass is 10.00. The molecule has 2 heterocycles. The maximum Gasteiger partial charge on any atom is 0.252 e. The highest BCUT2D eigenvalue weighted by Crippen LogP contribution is 2.37. The van der Waals surface area contributed by atoms with Gasteiger partial charge in [-0.15, -0.1) is 0 Å². The number of amides is 1. The zero-order valence-electron chi connectivity index (χ0n) is 11.6. The first-order valence-corrected chi connectivity index (χ1v) is 6.81. The van der Waals surface area contributed by atoms with Crippen molar-refractivity contribution < 1.29 is 14.3 Å². The number of anilines is 1. The monoisotopic (exact) mass is 292 g/mol. The molecular weight excluding hydrogens is 275 g/mol. The number of fused-ring (bicyclic) bond motifs is 1. The van der Waals surface area contributed by atoms with Gasteiger partial charge in [0.05, 0.1) is 35.1 Å². The van der Waals surface area contributed by atoms with Crippen LogP contribution < -0.4 is 11.1 Å². The summed E-state index contributed by atoms with van der Waals surface area (Å²) in [7, 11) is 0. The number of aromatic nitrogens is 2. The van der Waals surface area contributed by atoms with E-state index in [1.54, 1.807) is 22.8 Å². The molecule has 1 fully saturated rings. The minimum Gasteiger partial charge on any atom is -0.390 e. The molecular formula is C14H17FN4O2. The van der Waals surface area contributed by atoms with Crippen LogP contribution in [-0.2, 0) is 0 Å². The van der Waals surface area contributed by atoms with E-state index in [1.165, 1.54) is 13.1 Å². The summed E-state index contributed by atoms with van der Waals surface area (Å²) in [6.45, 7) is 1.36. The van der Waals surface area contributed by atoms with Crippen molar-refractivity contribution in [2.75, 3.05) is 5.32 Å². The molecule has 112 valence electrons. The van der Waals surface area contributed by atoms with E-state index in [1.807, 2.05) is 0 Å². The number of halogens is 1. The van der Waals surface area contributed by atoms with E-state index in [2.05, 4.69) is 10.4 Å². The van der Waals surface area contributed by atoms with E-state index in [0.717, 1.165) is 0 Å². The Balaban J connectivity index is 2.05. The van der Waals surface area contributed by atoms with Crippen molar-refractivity contribution in [3.05, 3.63) is 30.1 Å². The molecule has 4 N–H and O–H groups in total. The highest BCUT2D eigenvalue weighted by Gasteiger charge is 2.47. The van der Waals surface area contributed by atoms with Crippen molar-refractivity contribution in [2.45, 2.75) is 37.6 Å². The third kappa shape index (κ3) is 2.13. The van der Waals surface area contributed by atoms with Crippen LogP contribution in [0.3, 0.4) is 0 Å². The quantitative estimate of drug-likeness (QED) is 0.789. The fraction of sp³-hybridized carbons (Fsp3) is 0.429. The summed E-state index contributed by atoms with van der Waals surface area (Å²) in [6, 6.07) is 2.95. The number of rotatable bonds is 3. The van der Waals surface area contributed by atoms with Crippen LogP contribution in [0, 0.1) is 0 Å². The summed E-state index contributed by atoms with van der Waals surface area (Å²) in [5.41, 5.74) is 4.91. The van der Waals surface area contributed by atoms with Crippen LogP contribution in [0.1, 0.15) is 30.1 Å². The van der Waals surface area contributed by atoms with Gasteiger partial charge in [0, 0.05) is 6.20 Å². The Kier molecular flexibility index (Phi) is 3.09. The normalized spacial score (nSPS) is 28.9. The first kappa shape index (κ1) is 13.8. The Bertz CT molecular complexity index is 697. The molecule has 0 unspecified atom stereocenters. The lowest BCUT2D eigenvalue weighted by molar-refractivity contribution is 0.0253. The van der Waals surface area contributed by atoms with Crippen LogP contribution in [0.2, 0.25) is 0 Å². The van der Waals surface area contributed by atoms with E-state index >= 15 is 0 Å². The SMILES string of the molecule is C[C@@]1(F)[C@H](O)CC[C@H]1Nc1c(C(N)=O)cnn2cccc12. The van der Waals surface area contributed by atoms with Crippen LogP contribution in [0.5, 0.6) is 0 Å². The topological polar surface area (TPSA) is 92.6 Å². The number of hydrogen-bond acceptors (Lipinski definition) is 4. The number of hydrogen-bond donors (Lipinski definition) is 3. The van der Waals surface area contributed by atoms with Gasteiger partial charge in [0.2, 0.25) is 0 Å². The highest BCUT2D eigenvalue weighted by atomic mass is 19.1. The molecule has 1 aliphatic rings. The Morgan fingerprint density at radius 3 is 3.00 bits per heavy atom. The van der Waals surface area contributed by atoms with Crippen LogP contribution in [0.25, 0.3) is 5.52 Å². The molecule has 6 nitrogen and oxygen atoms in total. The molecule has 0 radical (unpaired) electrons. The van der Waals surface area contributed by atoms with Gasteiger partial charge in [-0.1, -0.05) is 0 Å². The van der Waals surface area contributed by atoms with Crippen LogP contribution in [-0.4, -0.2) is 38.4 Å². The van der Waals surface area contributed by atoms with E-state index in [-0.39, 0.29) is 5.56 Å². The summed E-state index contributed by atoms with van der Waals surface area (Å²) in [6.07, 6.45) is 2.92. The predicted octanol–water partition coefficient (Wildman–Crippen LogP) is 1.10. The molecule has 1 amide bonds. The highest BCUT2D eigenvalue weighted by molar-refractivity contribution is 6.01. The van der Waals surface area contributed by atoms with Gasteiger partial charge in [0.25, 0.3) is 5.91 Å². The molecule has 0 saturated heterocycles. The van der Waals surface area contributed by atoms with Gasteiger partial charge in [0.15, 0.2) is 5.67 Å². The fourth-order valence-electron chi connectivity index (χ4n) is 2.84. The summed E-state index contributed by atoms with van der Waals surface area (Å²) < 4.78 is 16.1. The molecule has 3 rings (SSSR count). The Morgan fingerprint density at radius 1 is 1.62 bits per heavy atom. The summed E-state index contributed by atoms with van der Waals surface area (Å²) >= 11 is 0. The van der Waals surface area contributed by atoms with Gasteiger partial charge in [-0.25, -0.2) is 8.91 Å². The minimum absolute atomic E-state index is 0.207. The summed E-state index contributed by atoms with van der Waals surface area (Å²) in [5.74, 6) is -0.632. The number of nitrogens with one attached hydrogen (secondary N) is 1. The molecule has 2 aromatic heterocycles. The van der Waals surface area contributed by atoms with E-state index in [0.29, 0.717) is 24.0 Å². The second-order valence-electron chi connectivity index (χ2n) is 5.58. The number of carbonyl (C=O) groups excluding carboxylic acids is 1. The molecule has 0 aliphatic heterocycles. The van der Waals surface area contributed by atoms with E-state index < -0.39 is 23.7 Å². The van der Waals surface area contributed by atoms with Gasteiger partial charge >= 0.3 is 0 Å². The number of primary amides is 1. The number of nitrogens with zero attached hydrogens (tertiary/aromatic N) is 2. The smallest absolute Gasteiger partial charge is 0.252 e. The first-order chi connectivity index (χ1) is 9.91. The van der Waals surface area contributed by atoms with Crippen molar-refractivity contribution >= 4 is 17.1 Å². The van der Waals surface area contributed by atoms with Crippen LogP contribution in [0.15, 0.2) is 24.5 Å². The average Bonchev–Trinajstić information content (AvgIpc) is 2.98. The van der Waals surface area contributed by atoms with Crippen LogP contribution >= 0.6 is 0 Å². The second kappa shape index (κ2) is 4.70. The largest absolute Gasteiger partial charge is 0.390 e. The number of alkyl halides is 1. The standard InChI is InChI=1S/C14H17FN4O2/c1-14(15)10(4-5-11(14)20)18-12-8(13(16)21)7-17-19-6-2-3-9(12)19/h2-3,6-7,10-11,18,20H,4-5H2,1H3,(H2,16,21)/t10-,11-,14+/m1/s1. The minimum atomic E-state index is -1.76. The van der Waals surface area contributed by atoms with Crippen molar-refractivity contribution in [3.63, 3.8) is 0 Å². The molecule has 1 saturated carbocycles. The van der Waals surface area contributed by atoms with Gasteiger partial charge in [-0.2, -0.15) is 5.10 Å². The maximum atomic E-state index is 14.6. The summed E-state index contributed by atoms with van der Waals surface area (Å²) in [5, 5.41) is 16.9. The number of nitrogens with two attached hydrogens (primary N) is 1. The van der Waals surface area contributed by atoms with Crippen molar-refractivity contribution in [1.82, 2.24) is 9.61 Å². The molecule has 0 bridgehead atoms. The molecule has 2 aromatic rings. The van der Waals surface area contributed by atoms with Gasteiger partial charge in [-0.3, -0.25) is 4.79 Å². The van der Waals surface area contributed by atoms with Crippen molar-refractivity contribution in [2.24, 2.45) is 5.73 Å².